The molecule has 0 saturated carbocycles. The Morgan fingerprint density at radius 2 is 2.00 bits per heavy atom. The highest BCUT2D eigenvalue weighted by atomic mass is 19.1. The van der Waals surface area contributed by atoms with Crippen molar-refractivity contribution in [3.05, 3.63) is 58.9 Å². The lowest BCUT2D eigenvalue weighted by molar-refractivity contribution is 0.309. The Hall–Kier alpha value is -2.07. The molecule has 0 aromatic heterocycles. The van der Waals surface area contributed by atoms with Crippen LogP contribution in [0.4, 0.5) is 4.39 Å². The van der Waals surface area contributed by atoms with Gasteiger partial charge in [0.1, 0.15) is 5.82 Å². The van der Waals surface area contributed by atoms with E-state index in [9.17, 15) is 4.39 Å². The molecule has 3 rings (SSSR count). The maximum atomic E-state index is 14.2. The van der Waals surface area contributed by atoms with E-state index in [2.05, 4.69) is 5.32 Å². The molecule has 1 aliphatic rings. The fourth-order valence-corrected chi connectivity index (χ4v) is 2.98. The third-order valence-corrected chi connectivity index (χ3v) is 4.00. The number of halogens is 1. The molecule has 2 aromatic rings. The van der Waals surface area contributed by atoms with Crippen LogP contribution in [0.15, 0.2) is 36.4 Å². The Kier molecular flexibility index (Phi) is 4.29. The molecule has 22 heavy (non-hydrogen) atoms. The number of hydrogen-bond acceptors (Lipinski definition) is 3. The van der Waals surface area contributed by atoms with Crippen molar-refractivity contribution in [1.29, 1.82) is 0 Å². The lowest BCUT2D eigenvalue weighted by atomic mass is 9.89. The van der Waals surface area contributed by atoms with Crippen molar-refractivity contribution in [2.45, 2.75) is 19.4 Å². The third-order valence-electron chi connectivity index (χ3n) is 4.00. The largest absolute Gasteiger partial charge is 0.493 e. The quantitative estimate of drug-likeness (QED) is 0.938. The summed E-state index contributed by atoms with van der Waals surface area (Å²) < 4.78 is 25.2. The summed E-state index contributed by atoms with van der Waals surface area (Å²) in [6, 6.07) is 10.7. The third kappa shape index (κ3) is 2.66. The van der Waals surface area contributed by atoms with Gasteiger partial charge in [-0.05, 0) is 42.7 Å². The molecule has 116 valence electrons. The maximum Gasteiger partial charge on any atom is 0.161 e. The van der Waals surface area contributed by atoms with Gasteiger partial charge in [-0.15, -0.1) is 0 Å². The van der Waals surface area contributed by atoms with E-state index in [-0.39, 0.29) is 11.9 Å². The first kappa shape index (κ1) is 14.9. The fraction of sp³-hybridized carbons (Fsp3) is 0.333. The topological polar surface area (TPSA) is 30.5 Å². The number of hydrogen-bond donors (Lipinski definition) is 1. The van der Waals surface area contributed by atoms with Crippen molar-refractivity contribution in [2.75, 3.05) is 20.3 Å². The van der Waals surface area contributed by atoms with Crippen LogP contribution in [0.2, 0.25) is 0 Å². The Morgan fingerprint density at radius 1 is 1.18 bits per heavy atom. The molecule has 1 heterocycles. The summed E-state index contributed by atoms with van der Waals surface area (Å²) in [6.45, 7) is 3.34. The van der Waals surface area contributed by atoms with E-state index < -0.39 is 0 Å². The Labute approximate surface area is 130 Å². The lowest BCUT2D eigenvalue weighted by Crippen LogP contribution is -2.31. The predicted octanol–water partition coefficient (Wildman–Crippen LogP) is 3.47. The van der Waals surface area contributed by atoms with Crippen LogP contribution >= 0.6 is 0 Å². The average Bonchev–Trinajstić information content (AvgIpc) is 2.54. The number of methoxy groups -OCH3 is 1. The van der Waals surface area contributed by atoms with Crippen LogP contribution in [-0.2, 0) is 6.42 Å². The molecule has 0 spiro atoms. The Bertz CT molecular complexity index is 672. The highest BCUT2D eigenvalue weighted by Crippen LogP contribution is 2.38. The monoisotopic (exact) mass is 301 g/mol. The van der Waals surface area contributed by atoms with Gasteiger partial charge in [-0.25, -0.2) is 4.39 Å². The highest BCUT2D eigenvalue weighted by molar-refractivity contribution is 5.51. The first-order valence-corrected chi connectivity index (χ1v) is 7.56. The molecule has 1 atom stereocenters. The van der Waals surface area contributed by atoms with Crippen LogP contribution in [-0.4, -0.2) is 20.3 Å². The zero-order valence-electron chi connectivity index (χ0n) is 12.9. The SMILES string of the molecule is CCOc1cc2c(cc1OC)C(c1ccccc1F)NCC2. The number of nitrogens with one attached hydrogen (secondary N) is 1. The molecular formula is C18H20FNO2. The van der Waals surface area contributed by atoms with Gasteiger partial charge in [0.15, 0.2) is 11.5 Å². The van der Waals surface area contributed by atoms with Crippen molar-refractivity contribution in [2.24, 2.45) is 0 Å². The van der Waals surface area contributed by atoms with Gasteiger partial charge in [-0.2, -0.15) is 0 Å². The second-order valence-electron chi connectivity index (χ2n) is 5.29. The summed E-state index contributed by atoms with van der Waals surface area (Å²) in [5.74, 6) is 1.24. The minimum Gasteiger partial charge on any atom is -0.493 e. The van der Waals surface area contributed by atoms with Gasteiger partial charge < -0.3 is 14.8 Å². The van der Waals surface area contributed by atoms with Gasteiger partial charge in [0, 0.05) is 12.1 Å². The zero-order valence-corrected chi connectivity index (χ0v) is 12.9. The van der Waals surface area contributed by atoms with E-state index >= 15 is 0 Å². The number of ether oxygens (including phenoxy) is 2. The molecule has 3 nitrogen and oxygen atoms in total. The second kappa shape index (κ2) is 6.36. The number of fused-ring (bicyclic) bond motifs is 1. The average molecular weight is 301 g/mol. The molecular weight excluding hydrogens is 281 g/mol. The van der Waals surface area contributed by atoms with E-state index in [4.69, 9.17) is 9.47 Å². The van der Waals surface area contributed by atoms with Crippen LogP contribution in [0.5, 0.6) is 11.5 Å². The van der Waals surface area contributed by atoms with Gasteiger partial charge in [-0.1, -0.05) is 18.2 Å². The van der Waals surface area contributed by atoms with Gasteiger partial charge in [-0.3, -0.25) is 0 Å². The van der Waals surface area contributed by atoms with Crippen LogP contribution in [0.25, 0.3) is 0 Å². The van der Waals surface area contributed by atoms with Crippen LogP contribution < -0.4 is 14.8 Å². The first-order valence-electron chi connectivity index (χ1n) is 7.56. The molecule has 0 aliphatic carbocycles. The minimum absolute atomic E-state index is 0.158. The van der Waals surface area contributed by atoms with Crippen LogP contribution in [0, 0.1) is 5.82 Å². The summed E-state index contributed by atoms with van der Waals surface area (Å²) in [6.07, 6.45) is 0.893. The minimum atomic E-state index is -0.194. The predicted molar refractivity (Wildman–Crippen MR) is 84.1 cm³/mol. The molecule has 1 aliphatic heterocycles. The zero-order chi connectivity index (χ0) is 15.5. The van der Waals surface area contributed by atoms with Crippen LogP contribution in [0.3, 0.4) is 0 Å². The first-order chi connectivity index (χ1) is 10.7. The standard InChI is InChI=1S/C18H20FNO2/c1-3-22-17-10-12-8-9-20-18(14(12)11-16(17)21-2)13-6-4-5-7-15(13)19/h4-7,10-11,18,20H,3,8-9H2,1-2H3. The van der Waals surface area contributed by atoms with E-state index in [1.807, 2.05) is 31.2 Å². The molecule has 0 bridgehead atoms. The molecule has 0 saturated heterocycles. The fourth-order valence-electron chi connectivity index (χ4n) is 2.98. The Morgan fingerprint density at radius 3 is 2.73 bits per heavy atom. The smallest absolute Gasteiger partial charge is 0.161 e. The van der Waals surface area contributed by atoms with Gasteiger partial charge >= 0.3 is 0 Å². The molecule has 1 unspecified atom stereocenters. The number of benzene rings is 2. The van der Waals surface area contributed by atoms with E-state index in [1.54, 1.807) is 13.2 Å². The molecule has 1 N–H and O–H groups in total. The van der Waals surface area contributed by atoms with Crippen molar-refractivity contribution >= 4 is 0 Å². The molecule has 0 radical (unpaired) electrons. The summed E-state index contributed by atoms with van der Waals surface area (Å²) >= 11 is 0. The van der Waals surface area contributed by atoms with Gasteiger partial charge in [0.05, 0.1) is 19.8 Å². The summed E-state index contributed by atoms with van der Waals surface area (Å²) in [5, 5.41) is 3.40. The van der Waals surface area contributed by atoms with E-state index in [0.29, 0.717) is 17.9 Å². The number of rotatable bonds is 4. The van der Waals surface area contributed by atoms with Crippen molar-refractivity contribution in [1.82, 2.24) is 5.32 Å². The highest BCUT2D eigenvalue weighted by Gasteiger charge is 2.25. The second-order valence-corrected chi connectivity index (χ2v) is 5.29. The van der Waals surface area contributed by atoms with E-state index in [0.717, 1.165) is 24.3 Å². The summed E-state index contributed by atoms with van der Waals surface area (Å²) in [5.41, 5.74) is 2.89. The van der Waals surface area contributed by atoms with E-state index in [1.165, 1.54) is 11.6 Å². The molecule has 0 fully saturated rings. The van der Waals surface area contributed by atoms with Crippen molar-refractivity contribution in [3.63, 3.8) is 0 Å². The summed E-state index contributed by atoms with van der Waals surface area (Å²) in [4.78, 5) is 0. The molecule has 4 heteroatoms. The lowest BCUT2D eigenvalue weighted by Gasteiger charge is -2.28. The van der Waals surface area contributed by atoms with Crippen molar-refractivity contribution < 1.29 is 13.9 Å². The summed E-state index contributed by atoms with van der Waals surface area (Å²) in [7, 11) is 1.62. The Balaban J connectivity index is 2.08. The molecule has 0 amide bonds. The normalized spacial score (nSPS) is 17.0. The maximum absolute atomic E-state index is 14.2. The van der Waals surface area contributed by atoms with Gasteiger partial charge in [0.2, 0.25) is 0 Å². The van der Waals surface area contributed by atoms with Crippen LogP contribution in [0.1, 0.15) is 29.7 Å². The van der Waals surface area contributed by atoms with Crippen molar-refractivity contribution in [3.8, 4) is 11.5 Å². The van der Waals surface area contributed by atoms with Gasteiger partial charge in [0.25, 0.3) is 0 Å². The molecule has 2 aromatic carbocycles.